The van der Waals surface area contributed by atoms with Crippen molar-refractivity contribution >= 4 is 34.1 Å². The molecule has 0 unspecified atom stereocenters. The fourth-order valence-corrected chi connectivity index (χ4v) is 4.99. The second-order valence-corrected chi connectivity index (χ2v) is 9.17. The Bertz CT molecular complexity index is 1380. The van der Waals surface area contributed by atoms with E-state index in [2.05, 4.69) is 20.5 Å². The lowest BCUT2D eigenvalue weighted by Gasteiger charge is -2.20. The van der Waals surface area contributed by atoms with Crippen LogP contribution in [-0.4, -0.2) is 66.3 Å². The van der Waals surface area contributed by atoms with Crippen LogP contribution in [0, 0.1) is 11.8 Å². The van der Waals surface area contributed by atoms with Crippen molar-refractivity contribution in [2.75, 3.05) is 13.1 Å². The number of alkyl halides is 3. The number of amides is 1. The van der Waals surface area contributed by atoms with Crippen molar-refractivity contribution < 1.29 is 27.9 Å². The summed E-state index contributed by atoms with van der Waals surface area (Å²) in [6.45, 7) is -0.692. The van der Waals surface area contributed by atoms with Gasteiger partial charge in [-0.1, -0.05) is 17.3 Å². The number of aromatic nitrogens is 5. The monoisotopic (exact) mass is 490 g/mol. The summed E-state index contributed by atoms with van der Waals surface area (Å²) in [5.74, 6) is -4.46. The molecule has 1 aliphatic heterocycles. The summed E-state index contributed by atoms with van der Waals surface area (Å²) in [5, 5.41) is 24.9. The number of aromatic amines is 1. The Morgan fingerprint density at radius 2 is 1.97 bits per heavy atom. The molecule has 0 aliphatic carbocycles. The van der Waals surface area contributed by atoms with Gasteiger partial charge in [0.25, 0.3) is 5.91 Å². The number of carboxylic acid groups (broad SMARTS) is 1. The highest BCUT2D eigenvalue weighted by Gasteiger charge is 2.51. The number of hydrogen-bond donors (Lipinski definition) is 2. The van der Waals surface area contributed by atoms with E-state index < -0.39 is 36.4 Å². The molecule has 176 valence electrons. The summed E-state index contributed by atoms with van der Waals surface area (Å²) in [4.78, 5) is 25.0. The number of aromatic carboxylic acids is 1. The topological polar surface area (TPSA) is 117 Å². The molecule has 2 atom stereocenters. The van der Waals surface area contributed by atoms with Crippen molar-refractivity contribution in [2.45, 2.75) is 12.7 Å². The second kappa shape index (κ2) is 8.24. The zero-order valence-electron chi connectivity index (χ0n) is 17.4. The Hall–Kier alpha value is -3.74. The van der Waals surface area contributed by atoms with Gasteiger partial charge in [0.2, 0.25) is 0 Å². The van der Waals surface area contributed by atoms with Gasteiger partial charge < -0.3 is 10.0 Å². The maximum absolute atomic E-state index is 13.8. The van der Waals surface area contributed by atoms with E-state index in [0.717, 1.165) is 32.7 Å². The van der Waals surface area contributed by atoms with Crippen LogP contribution in [0.2, 0.25) is 0 Å². The summed E-state index contributed by atoms with van der Waals surface area (Å²) < 4.78 is 42.7. The second-order valence-electron chi connectivity index (χ2n) is 8.09. The Kier molecular flexibility index (Phi) is 5.35. The van der Waals surface area contributed by atoms with Crippen LogP contribution >= 0.6 is 11.3 Å². The normalized spacial score (nSPS) is 18.6. The molecule has 5 rings (SSSR count). The number of carbonyl (C=O) groups is 2. The highest BCUT2D eigenvalue weighted by molar-refractivity contribution is 7.15. The maximum Gasteiger partial charge on any atom is 0.393 e. The van der Waals surface area contributed by atoms with Crippen LogP contribution in [0.3, 0.4) is 0 Å². The maximum atomic E-state index is 13.8. The van der Waals surface area contributed by atoms with Gasteiger partial charge in [-0.15, -0.1) is 16.4 Å². The lowest BCUT2D eigenvalue weighted by atomic mass is 9.95. The molecule has 0 bridgehead atoms. The van der Waals surface area contributed by atoms with E-state index in [1.165, 1.54) is 16.8 Å². The third kappa shape index (κ3) is 4.14. The first-order chi connectivity index (χ1) is 16.2. The van der Waals surface area contributed by atoms with Gasteiger partial charge in [0, 0.05) is 36.5 Å². The third-order valence-corrected chi connectivity index (χ3v) is 6.94. The Morgan fingerprint density at radius 3 is 2.71 bits per heavy atom. The molecule has 13 heteroatoms. The smallest absolute Gasteiger partial charge is 0.393 e. The highest BCUT2D eigenvalue weighted by Crippen LogP contribution is 2.39. The van der Waals surface area contributed by atoms with Crippen molar-refractivity contribution in [3.05, 3.63) is 52.5 Å². The summed E-state index contributed by atoms with van der Waals surface area (Å²) in [6.07, 6.45) is -1.25. The minimum atomic E-state index is -4.50. The molecule has 9 nitrogen and oxygen atoms in total. The third-order valence-electron chi connectivity index (χ3n) is 5.87. The first-order valence-corrected chi connectivity index (χ1v) is 11.0. The molecular weight excluding hydrogens is 473 g/mol. The first kappa shape index (κ1) is 22.1. The van der Waals surface area contributed by atoms with Crippen LogP contribution in [0.1, 0.15) is 19.3 Å². The number of rotatable bonds is 5. The SMILES string of the molecule is O=C(O)c1ccc(C(=O)N2C[C@@H](Cn3cc(-c4ccc5cn[nH]c5c4)nn3)[C@H](C(F)(F)F)C2)s1. The quantitative estimate of drug-likeness (QED) is 0.442. The van der Waals surface area contributed by atoms with E-state index in [-0.39, 0.29) is 22.8 Å². The fraction of sp³-hybridized carbons (Fsp3) is 0.286. The minimum Gasteiger partial charge on any atom is -0.477 e. The van der Waals surface area contributed by atoms with E-state index in [1.54, 1.807) is 12.4 Å². The van der Waals surface area contributed by atoms with Crippen LogP contribution in [0.15, 0.2) is 42.7 Å². The molecule has 1 amide bonds. The summed E-state index contributed by atoms with van der Waals surface area (Å²) in [6, 6.07) is 8.11. The van der Waals surface area contributed by atoms with Crippen LogP contribution in [0.25, 0.3) is 22.2 Å². The predicted molar refractivity (Wildman–Crippen MR) is 115 cm³/mol. The number of fused-ring (bicyclic) bond motifs is 1. The van der Waals surface area contributed by atoms with Gasteiger partial charge in [0.1, 0.15) is 10.6 Å². The zero-order chi connectivity index (χ0) is 24.0. The van der Waals surface area contributed by atoms with Crippen molar-refractivity contribution in [1.29, 1.82) is 0 Å². The highest BCUT2D eigenvalue weighted by atomic mass is 32.1. The average molecular weight is 490 g/mol. The molecule has 1 fully saturated rings. The number of nitrogens with one attached hydrogen (secondary N) is 1. The average Bonchev–Trinajstić information content (AvgIpc) is 3.58. The molecule has 4 heterocycles. The van der Waals surface area contributed by atoms with Crippen LogP contribution in [0.4, 0.5) is 13.2 Å². The summed E-state index contributed by atoms with van der Waals surface area (Å²) in [7, 11) is 0. The Labute approximate surface area is 193 Å². The molecule has 34 heavy (non-hydrogen) atoms. The molecule has 0 spiro atoms. The van der Waals surface area contributed by atoms with Crippen LogP contribution < -0.4 is 0 Å². The zero-order valence-corrected chi connectivity index (χ0v) is 18.2. The molecule has 1 saturated heterocycles. The number of thiophene rings is 1. The number of halogens is 3. The number of carboxylic acids is 1. The van der Waals surface area contributed by atoms with Crippen molar-refractivity contribution in [1.82, 2.24) is 30.1 Å². The van der Waals surface area contributed by atoms with Crippen LogP contribution in [0.5, 0.6) is 0 Å². The molecule has 0 radical (unpaired) electrons. The molecule has 0 saturated carbocycles. The molecule has 1 aromatic carbocycles. The first-order valence-electron chi connectivity index (χ1n) is 10.2. The Balaban J connectivity index is 1.34. The summed E-state index contributed by atoms with van der Waals surface area (Å²) >= 11 is 0.746. The standard InChI is InChI=1S/C21H17F3N6O3S/c22-21(23,24)14-9-29(19(31)17-3-4-18(34-17)20(32)33)7-13(14)8-30-10-16(27-28-30)11-1-2-12-6-25-26-15(12)5-11/h1-6,10,13-14H,7-9H2,(H,25,26)(H,32,33)/t13-,14+/m0/s1. The lowest BCUT2D eigenvalue weighted by Crippen LogP contribution is -2.33. The molecular formula is C21H17F3N6O3S. The van der Waals surface area contributed by atoms with Crippen molar-refractivity contribution in [2.24, 2.45) is 11.8 Å². The number of H-pyrrole nitrogens is 1. The number of nitrogens with zero attached hydrogens (tertiary/aromatic N) is 5. The van der Waals surface area contributed by atoms with Gasteiger partial charge in [0.15, 0.2) is 0 Å². The van der Waals surface area contributed by atoms with E-state index in [1.807, 2.05) is 18.2 Å². The number of benzene rings is 1. The molecule has 3 aromatic heterocycles. The van der Waals surface area contributed by atoms with Gasteiger partial charge in [-0.3, -0.25) is 14.6 Å². The molecule has 4 aromatic rings. The van der Waals surface area contributed by atoms with Gasteiger partial charge in [0.05, 0.1) is 28.7 Å². The largest absolute Gasteiger partial charge is 0.477 e. The minimum absolute atomic E-state index is 0.0464. The van der Waals surface area contributed by atoms with Crippen molar-refractivity contribution in [3.63, 3.8) is 0 Å². The number of hydrogen-bond acceptors (Lipinski definition) is 6. The van der Waals surface area contributed by atoms with Gasteiger partial charge >= 0.3 is 12.1 Å². The summed E-state index contributed by atoms with van der Waals surface area (Å²) in [5.41, 5.74) is 2.05. The predicted octanol–water partition coefficient (Wildman–Crippen LogP) is 3.53. The van der Waals surface area contributed by atoms with Gasteiger partial charge in [-0.25, -0.2) is 4.79 Å². The van der Waals surface area contributed by atoms with Crippen LogP contribution in [-0.2, 0) is 6.54 Å². The van der Waals surface area contributed by atoms with Crippen molar-refractivity contribution in [3.8, 4) is 11.3 Å². The number of carbonyl (C=O) groups excluding carboxylic acids is 1. The number of likely N-dealkylation sites (tertiary alicyclic amines) is 1. The van der Waals surface area contributed by atoms with Gasteiger partial charge in [-0.2, -0.15) is 18.3 Å². The van der Waals surface area contributed by atoms with Gasteiger partial charge in [-0.05, 0) is 18.2 Å². The molecule has 1 aliphatic rings. The fourth-order valence-electron chi connectivity index (χ4n) is 4.17. The Morgan fingerprint density at radius 1 is 1.18 bits per heavy atom. The van der Waals surface area contributed by atoms with E-state index in [0.29, 0.717) is 5.69 Å². The van der Waals surface area contributed by atoms with E-state index in [9.17, 15) is 22.8 Å². The van der Waals surface area contributed by atoms with E-state index >= 15 is 0 Å². The lowest BCUT2D eigenvalue weighted by molar-refractivity contribution is -0.181. The molecule has 2 N–H and O–H groups in total. The van der Waals surface area contributed by atoms with E-state index in [4.69, 9.17) is 5.11 Å².